The van der Waals surface area contributed by atoms with E-state index in [4.69, 9.17) is 9.84 Å². The van der Waals surface area contributed by atoms with Gasteiger partial charge in [-0.15, -0.1) is 0 Å². The number of ether oxygens (including phenoxy) is 1. The van der Waals surface area contributed by atoms with E-state index in [1.165, 1.54) is 10.7 Å². The van der Waals surface area contributed by atoms with Crippen molar-refractivity contribution in [3.8, 4) is 0 Å². The molecular weight excluding hydrogens is 238 g/mol. The molecule has 2 aromatic heterocycles. The van der Waals surface area contributed by atoms with Crippen LogP contribution in [0.15, 0.2) is 17.2 Å². The van der Waals surface area contributed by atoms with Crippen LogP contribution >= 0.6 is 0 Å². The zero-order valence-electron chi connectivity index (χ0n) is 10.0. The van der Waals surface area contributed by atoms with Crippen molar-refractivity contribution in [1.29, 1.82) is 0 Å². The summed E-state index contributed by atoms with van der Waals surface area (Å²) in [7, 11) is 1.87. The summed E-state index contributed by atoms with van der Waals surface area (Å²) < 4.78 is 6.50. The Morgan fingerprint density at radius 1 is 1.56 bits per heavy atom. The summed E-state index contributed by atoms with van der Waals surface area (Å²) in [5, 5.41) is 14.8. The van der Waals surface area contributed by atoms with Crippen LogP contribution in [-0.2, 0) is 4.74 Å². The van der Waals surface area contributed by atoms with E-state index in [2.05, 4.69) is 15.2 Å². The highest BCUT2D eigenvalue weighted by Crippen LogP contribution is 2.08. The molecule has 0 spiro atoms. The fraction of sp³-hybridized carbons (Fsp3) is 0.500. The molecule has 98 valence electrons. The minimum absolute atomic E-state index is 0.0180. The lowest BCUT2D eigenvalue weighted by Gasteiger charge is -2.17. The molecule has 2 N–H and O–H groups in total. The third kappa shape index (κ3) is 2.66. The van der Waals surface area contributed by atoms with Gasteiger partial charge < -0.3 is 14.7 Å². The van der Waals surface area contributed by atoms with Crippen LogP contribution in [-0.4, -0.2) is 58.1 Å². The van der Waals surface area contributed by atoms with Gasteiger partial charge in [0.05, 0.1) is 19.8 Å². The number of aliphatic hydroxyl groups is 1. The third-order valence-electron chi connectivity index (χ3n) is 2.49. The zero-order valence-corrected chi connectivity index (χ0v) is 10.0. The van der Waals surface area contributed by atoms with Gasteiger partial charge in [0, 0.05) is 19.7 Å². The van der Waals surface area contributed by atoms with Gasteiger partial charge in [-0.05, 0) is 0 Å². The maximum absolute atomic E-state index is 11.3. The van der Waals surface area contributed by atoms with Gasteiger partial charge in [-0.2, -0.15) is 5.10 Å². The Morgan fingerprint density at radius 3 is 3.17 bits per heavy atom. The maximum Gasteiger partial charge on any atom is 0.348 e. The average Bonchev–Trinajstić information content (AvgIpc) is 2.76. The first-order valence-electron chi connectivity index (χ1n) is 5.55. The van der Waals surface area contributed by atoms with Crippen LogP contribution in [0.5, 0.6) is 0 Å². The number of anilines is 1. The number of rotatable bonds is 6. The standard InChI is InChI=1S/C10H15N5O3/c1-14(2-4-18-5-3-16)8-6-9-12-13-10(17)15(9)7-11-8/h6-7,16H,2-5H2,1H3,(H,13,17). The Balaban J connectivity index is 2.03. The summed E-state index contributed by atoms with van der Waals surface area (Å²) in [5.41, 5.74) is 0.214. The number of hydrogen-bond acceptors (Lipinski definition) is 6. The number of aliphatic hydroxyl groups excluding tert-OH is 1. The highest BCUT2D eigenvalue weighted by Gasteiger charge is 2.06. The normalized spacial score (nSPS) is 11.0. The first kappa shape index (κ1) is 12.5. The number of aromatic nitrogens is 4. The predicted octanol–water partition coefficient (Wildman–Crippen LogP) is -1.14. The van der Waals surface area contributed by atoms with Gasteiger partial charge in [-0.25, -0.2) is 19.3 Å². The highest BCUT2D eigenvalue weighted by atomic mass is 16.5. The molecule has 8 heteroatoms. The van der Waals surface area contributed by atoms with Gasteiger partial charge >= 0.3 is 5.69 Å². The monoisotopic (exact) mass is 253 g/mol. The van der Waals surface area contributed by atoms with E-state index in [1.54, 1.807) is 6.07 Å². The predicted molar refractivity (Wildman–Crippen MR) is 64.8 cm³/mol. The van der Waals surface area contributed by atoms with Crippen molar-refractivity contribution in [2.45, 2.75) is 0 Å². The zero-order chi connectivity index (χ0) is 13.0. The highest BCUT2D eigenvalue weighted by molar-refractivity contribution is 5.49. The van der Waals surface area contributed by atoms with Gasteiger partial charge in [-0.3, -0.25) is 0 Å². The van der Waals surface area contributed by atoms with Gasteiger partial charge in [-0.1, -0.05) is 0 Å². The lowest BCUT2D eigenvalue weighted by Crippen LogP contribution is -2.24. The molecule has 0 aliphatic rings. The molecule has 0 fully saturated rings. The van der Waals surface area contributed by atoms with E-state index < -0.39 is 0 Å². The minimum Gasteiger partial charge on any atom is -0.394 e. The van der Waals surface area contributed by atoms with Crippen molar-refractivity contribution in [3.05, 3.63) is 22.9 Å². The third-order valence-corrected chi connectivity index (χ3v) is 2.49. The molecule has 8 nitrogen and oxygen atoms in total. The van der Waals surface area contributed by atoms with Crippen molar-refractivity contribution in [2.75, 3.05) is 38.3 Å². The maximum atomic E-state index is 11.3. The quantitative estimate of drug-likeness (QED) is 0.632. The molecule has 0 atom stereocenters. The molecule has 18 heavy (non-hydrogen) atoms. The SMILES string of the molecule is CN(CCOCCO)c1cc2n[nH]c(=O)n2cn1. The Hall–Kier alpha value is -1.93. The van der Waals surface area contributed by atoms with Gasteiger partial charge in [0.2, 0.25) is 0 Å². The average molecular weight is 253 g/mol. The van der Waals surface area contributed by atoms with Crippen molar-refractivity contribution in [3.63, 3.8) is 0 Å². The van der Waals surface area contributed by atoms with E-state index in [-0.39, 0.29) is 12.3 Å². The molecule has 2 heterocycles. The van der Waals surface area contributed by atoms with E-state index >= 15 is 0 Å². The van der Waals surface area contributed by atoms with Crippen molar-refractivity contribution in [1.82, 2.24) is 19.6 Å². The smallest absolute Gasteiger partial charge is 0.348 e. The van der Waals surface area contributed by atoms with Gasteiger partial charge in [0.25, 0.3) is 0 Å². The number of nitrogens with one attached hydrogen (secondary N) is 1. The fourth-order valence-electron chi connectivity index (χ4n) is 1.49. The second-order valence-corrected chi connectivity index (χ2v) is 3.76. The van der Waals surface area contributed by atoms with Crippen LogP contribution in [0.1, 0.15) is 0 Å². The minimum atomic E-state index is -0.307. The summed E-state index contributed by atoms with van der Waals surface area (Å²) in [6.07, 6.45) is 1.43. The molecule has 0 unspecified atom stereocenters. The van der Waals surface area contributed by atoms with Crippen LogP contribution in [0.3, 0.4) is 0 Å². The van der Waals surface area contributed by atoms with Crippen molar-refractivity contribution >= 4 is 11.5 Å². The lowest BCUT2D eigenvalue weighted by atomic mass is 10.5. The van der Waals surface area contributed by atoms with E-state index in [0.29, 0.717) is 31.2 Å². The van der Waals surface area contributed by atoms with Crippen molar-refractivity contribution in [2.24, 2.45) is 0 Å². The number of H-pyrrole nitrogens is 1. The number of fused-ring (bicyclic) bond motifs is 1. The van der Waals surface area contributed by atoms with E-state index in [1.807, 2.05) is 11.9 Å². The van der Waals surface area contributed by atoms with Gasteiger partial charge in [0.1, 0.15) is 12.1 Å². The lowest BCUT2D eigenvalue weighted by molar-refractivity contribution is 0.0970. The molecule has 0 radical (unpaired) electrons. The summed E-state index contributed by atoms with van der Waals surface area (Å²) in [4.78, 5) is 17.3. The second-order valence-electron chi connectivity index (χ2n) is 3.76. The first-order chi connectivity index (χ1) is 8.72. The Bertz CT molecular complexity index is 564. The van der Waals surface area contributed by atoms with Crippen LogP contribution in [0.2, 0.25) is 0 Å². The Morgan fingerprint density at radius 2 is 2.39 bits per heavy atom. The largest absolute Gasteiger partial charge is 0.394 e. The molecular formula is C10H15N5O3. The van der Waals surface area contributed by atoms with Crippen LogP contribution in [0, 0.1) is 0 Å². The number of likely N-dealkylation sites (N-methyl/N-ethyl adjacent to an activating group) is 1. The molecule has 0 bridgehead atoms. The molecule has 0 aliphatic carbocycles. The summed E-state index contributed by atoms with van der Waals surface area (Å²) in [6.45, 7) is 1.48. The molecule has 0 amide bonds. The summed E-state index contributed by atoms with van der Waals surface area (Å²) in [5.74, 6) is 0.703. The molecule has 2 rings (SSSR count). The van der Waals surface area contributed by atoms with Crippen LogP contribution in [0.25, 0.3) is 5.65 Å². The fourth-order valence-corrected chi connectivity index (χ4v) is 1.49. The van der Waals surface area contributed by atoms with Crippen LogP contribution in [0.4, 0.5) is 5.82 Å². The number of aromatic amines is 1. The summed E-state index contributed by atoms with van der Waals surface area (Å²) in [6, 6.07) is 1.71. The van der Waals surface area contributed by atoms with E-state index in [0.717, 1.165) is 0 Å². The van der Waals surface area contributed by atoms with Crippen molar-refractivity contribution < 1.29 is 9.84 Å². The molecule has 2 aromatic rings. The molecule has 0 aromatic carbocycles. The van der Waals surface area contributed by atoms with E-state index in [9.17, 15) is 4.79 Å². The Kier molecular flexibility index (Phi) is 3.90. The Labute approximate surface area is 103 Å². The second kappa shape index (κ2) is 5.61. The molecule has 0 saturated carbocycles. The summed E-state index contributed by atoms with van der Waals surface area (Å²) >= 11 is 0. The first-order valence-corrected chi connectivity index (χ1v) is 5.55. The topological polar surface area (TPSA) is 95.8 Å². The molecule has 0 saturated heterocycles. The number of nitrogens with zero attached hydrogens (tertiary/aromatic N) is 4. The number of hydrogen-bond donors (Lipinski definition) is 2. The van der Waals surface area contributed by atoms with Gasteiger partial charge in [0.15, 0.2) is 5.65 Å². The molecule has 0 aliphatic heterocycles. The van der Waals surface area contributed by atoms with Crippen LogP contribution < -0.4 is 10.6 Å².